The zero-order valence-electron chi connectivity index (χ0n) is 21.3. The van der Waals surface area contributed by atoms with Crippen molar-refractivity contribution in [2.75, 3.05) is 5.32 Å². The van der Waals surface area contributed by atoms with Gasteiger partial charge in [0.2, 0.25) is 5.82 Å². The number of nitrogens with zero attached hydrogens (tertiary/aromatic N) is 5. The third-order valence-corrected chi connectivity index (χ3v) is 8.52. The molecule has 3 aliphatic carbocycles. The number of ketones is 1. The Balaban J connectivity index is 1.27. The number of aromatic nitrogens is 5. The van der Waals surface area contributed by atoms with Crippen molar-refractivity contribution < 1.29 is 23.8 Å². The number of hydrogen-bond donors (Lipinski definition) is 3. The predicted octanol–water partition coefficient (Wildman–Crippen LogP) is 2.74. The molecule has 4 aromatic rings. The van der Waals surface area contributed by atoms with Gasteiger partial charge in [-0.25, -0.2) is 28.7 Å². The van der Waals surface area contributed by atoms with E-state index in [-0.39, 0.29) is 29.5 Å². The first-order valence-corrected chi connectivity index (χ1v) is 13.0. The number of hydrogen-bond acceptors (Lipinski definition) is 8. The number of carbonyl (C=O) groups excluding carboxylic acids is 1. The number of rotatable bonds is 5. The minimum atomic E-state index is -1.18. The molecule has 7 rings (SSSR count). The van der Waals surface area contributed by atoms with E-state index in [0.717, 1.165) is 6.07 Å². The molecule has 3 unspecified atom stereocenters. The van der Waals surface area contributed by atoms with Gasteiger partial charge in [0.05, 0.1) is 23.9 Å². The first-order valence-electron chi connectivity index (χ1n) is 13.0. The van der Waals surface area contributed by atoms with Crippen LogP contribution in [0, 0.1) is 34.8 Å². The van der Waals surface area contributed by atoms with Crippen LogP contribution in [0.1, 0.15) is 48.8 Å². The average Bonchev–Trinajstić information content (AvgIpc) is 3.83. The van der Waals surface area contributed by atoms with Crippen molar-refractivity contribution in [3.8, 4) is 11.8 Å². The molecule has 202 valence electrons. The Hall–Kier alpha value is -4.27. The summed E-state index contributed by atoms with van der Waals surface area (Å²) < 4.78 is 29.0. The van der Waals surface area contributed by atoms with Gasteiger partial charge in [-0.15, -0.1) is 0 Å². The summed E-state index contributed by atoms with van der Waals surface area (Å²) in [7, 11) is 0. The molecule has 3 fully saturated rings. The summed E-state index contributed by atoms with van der Waals surface area (Å²) in [5.41, 5.74) is 1.09. The number of halogens is 2. The van der Waals surface area contributed by atoms with Crippen LogP contribution < -0.4 is 5.32 Å². The van der Waals surface area contributed by atoms with E-state index in [1.165, 1.54) is 19.3 Å². The molecule has 1 aromatic carbocycles. The molecule has 0 spiro atoms. The van der Waals surface area contributed by atoms with Gasteiger partial charge in [0.25, 0.3) is 0 Å². The summed E-state index contributed by atoms with van der Waals surface area (Å²) in [5.74, 6) is 4.27. The van der Waals surface area contributed by atoms with E-state index in [1.807, 2.05) is 6.07 Å². The molecule has 3 heterocycles. The molecule has 3 N–H and O–H groups in total. The van der Waals surface area contributed by atoms with Gasteiger partial charge in [-0.2, -0.15) is 0 Å². The third kappa shape index (κ3) is 3.78. The molecule has 3 aliphatic rings. The van der Waals surface area contributed by atoms with Crippen molar-refractivity contribution in [3.05, 3.63) is 77.6 Å². The van der Waals surface area contributed by atoms with E-state index in [4.69, 9.17) is 0 Å². The summed E-state index contributed by atoms with van der Waals surface area (Å²) >= 11 is 0. The molecule has 0 radical (unpaired) electrons. The average molecular weight is 543 g/mol. The highest BCUT2D eigenvalue weighted by molar-refractivity contribution is 5.88. The number of fused-ring (bicyclic) bond motifs is 2. The van der Waals surface area contributed by atoms with Gasteiger partial charge < -0.3 is 20.1 Å². The van der Waals surface area contributed by atoms with Crippen LogP contribution in [0.4, 0.5) is 14.6 Å². The SMILES string of the molecule is CC(=O)[C@@]12CC1[C@@H](n1cnc3c(NC4C[C@H]4c4ccc(F)c(F)c4)nc(C#Cc4ccccn4)nc31)[C@H](O)C2O. The molecule has 0 aliphatic heterocycles. The monoisotopic (exact) mass is 542 g/mol. The Labute approximate surface area is 227 Å². The maximum absolute atomic E-state index is 13.8. The van der Waals surface area contributed by atoms with E-state index in [1.54, 1.807) is 29.0 Å². The molecule has 0 amide bonds. The van der Waals surface area contributed by atoms with Gasteiger partial charge >= 0.3 is 0 Å². The molecule has 3 saturated carbocycles. The van der Waals surface area contributed by atoms with E-state index in [2.05, 4.69) is 37.1 Å². The van der Waals surface area contributed by atoms with Gasteiger partial charge in [-0.05, 0) is 67.4 Å². The highest BCUT2D eigenvalue weighted by Gasteiger charge is 2.74. The van der Waals surface area contributed by atoms with Crippen molar-refractivity contribution in [3.63, 3.8) is 0 Å². The molecule has 11 heteroatoms. The highest BCUT2D eigenvalue weighted by atomic mass is 19.2. The Morgan fingerprint density at radius 2 is 1.98 bits per heavy atom. The first-order chi connectivity index (χ1) is 19.3. The van der Waals surface area contributed by atoms with Crippen molar-refractivity contribution >= 4 is 22.8 Å². The fourth-order valence-electron chi connectivity index (χ4n) is 6.26. The fraction of sp³-hybridized carbons (Fsp3) is 0.345. The number of anilines is 1. The topological polar surface area (TPSA) is 126 Å². The quantitative estimate of drug-likeness (QED) is 0.329. The fourth-order valence-corrected chi connectivity index (χ4v) is 6.26. The molecular weight excluding hydrogens is 518 g/mol. The van der Waals surface area contributed by atoms with Crippen molar-refractivity contribution in [1.82, 2.24) is 24.5 Å². The predicted molar refractivity (Wildman–Crippen MR) is 139 cm³/mol. The van der Waals surface area contributed by atoms with Crippen LogP contribution in [0.15, 0.2) is 48.9 Å². The van der Waals surface area contributed by atoms with E-state index < -0.39 is 35.3 Å². The lowest BCUT2D eigenvalue weighted by Gasteiger charge is -2.23. The van der Waals surface area contributed by atoms with Gasteiger partial charge in [-0.3, -0.25) is 4.79 Å². The molecule has 40 heavy (non-hydrogen) atoms. The van der Waals surface area contributed by atoms with Crippen LogP contribution in [0.3, 0.4) is 0 Å². The van der Waals surface area contributed by atoms with Crippen LogP contribution in [0.5, 0.6) is 0 Å². The summed E-state index contributed by atoms with van der Waals surface area (Å²) in [4.78, 5) is 30.4. The van der Waals surface area contributed by atoms with E-state index in [9.17, 15) is 23.8 Å². The molecular formula is C29H24F2N6O3. The summed E-state index contributed by atoms with van der Waals surface area (Å²) in [6.45, 7) is 1.44. The lowest BCUT2D eigenvalue weighted by molar-refractivity contribution is -0.128. The number of aliphatic hydroxyl groups excluding tert-OH is 2. The standard InChI is InChI=1S/C29H24F2N6O3/c1-14(38)29-12-18(29)24(25(39)26(29)40)37-13-33-23-27(34-21-11-17(21)15-5-7-19(30)20(31)10-15)35-22(36-28(23)37)8-6-16-4-2-3-9-32-16/h2-5,7,9-10,13,17-18,21,24-26,39-40H,11-12H2,1H3,(H,34,35,36)/t17-,18?,21?,24+,25-,26?,29-/m0/s1. The zero-order chi connectivity index (χ0) is 27.8. The molecule has 7 atom stereocenters. The highest BCUT2D eigenvalue weighted by Crippen LogP contribution is 2.68. The normalized spacial score (nSPS) is 29.9. The van der Waals surface area contributed by atoms with Gasteiger partial charge in [0.15, 0.2) is 28.6 Å². The molecule has 0 saturated heterocycles. The van der Waals surface area contributed by atoms with Crippen LogP contribution in [0.2, 0.25) is 0 Å². The second-order valence-corrected chi connectivity index (χ2v) is 10.8. The second-order valence-electron chi connectivity index (χ2n) is 10.8. The van der Waals surface area contributed by atoms with Crippen LogP contribution in [-0.4, -0.2) is 58.7 Å². The smallest absolute Gasteiger partial charge is 0.209 e. The lowest BCUT2D eigenvalue weighted by atomic mass is 9.95. The second kappa shape index (κ2) is 8.87. The Bertz CT molecular complexity index is 1730. The maximum Gasteiger partial charge on any atom is 0.209 e. The minimum Gasteiger partial charge on any atom is -0.389 e. The summed E-state index contributed by atoms with van der Waals surface area (Å²) in [5, 5.41) is 25.1. The Morgan fingerprint density at radius 3 is 2.70 bits per heavy atom. The molecule has 0 bridgehead atoms. The molecule has 9 nitrogen and oxygen atoms in total. The van der Waals surface area contributed by atoms with Crippen molar-refractivity contribution in [1.29, 1.82) is 0 Å². The Kier molecular flexibility index (Phi) is 5.49. The van der Waals surface area contributed by atoms with Crippen molar-refractivity contribution in [2.24, 2.45) is 11.3 Å². The van der Waals surface area contributed by atoms with E-state index in [0.29, 0.717) is 41.1 Å². The summed E-state index contributed by atoms with van der Waals surface area (Å²) in [6, 6.07) is 8.57. The zero-order valence-corrected chi connectivity index (χ0v) is 21.3. The number of benzene rings is 1. The van der Waals surface area contributed by atoms with E-state index >= 15 is 0 Å². The number of carbonyl (C=O) groups is 1. The lowest BCUT2D eigenvalue weighted by Crippen LogP contribution is -2.36. The third-order valence-electron chi connectivity index (χ3n) is 8.52. The van der Waals surface area contributed by atoms with Crippen LogP contribution in [0.25, 0.3) is 11.2 Å². The maximum atomic E-state index is 13.8. The van der Waals surface area contributed by atoms with Gasteiger partial charge in [0, 0.05) is 18.2 Å². The number of pyridine rings is 1. The molecule has 3 aromatic heterocycles. The van der Waals surface area contributed by atoms with Gasteiger partial charge in [-0.1, -0.05) is 12.1 Å². The minimum absolute atomic E-state index is 0.0419. The first kappa shape index (κ1) is 24.7. The summed E-state index contributed by atoms with van der Waals surface area (Å²) in [6.07, 6.45) is 1.98. The number of imidazole rings is 1. The largest absolute Gasteiger partial charge is 0.389 e. The van der Waals surface area contributed by atoms with Crippen LogP contribution >= 0.6 is 0 Å². The van der Waals surface area contributed by atoms with Gasteiger partial charge in [0.1, 0.15) is 17.6 Å². The van der Waals surface area contributed by atoms with Crippen molar-refractivity contribution in [2.45, 2.75) is 50.0 Å². The Morgan fingerprint density at radius 1 is 1.12 bits per heavy atom. The number of nitrogens with one attached hydrogen (secondary N) is 1. The van der Waals surface area contributed by atoms with Crippen LogP contribution in [-0.2, 0) is 4.79 Å². The number of aliphatic hydroxyl groups is 2. The number of Topliss-reactive ketones (excluding diaryl/α,β-unsaturated/α-hetero) is 1.